The van der Waals surface area contributed by atoms with E-state index in [1.165, 1.54) is 18.4 Å². The monoisotopic (exact) mass is 375 g/mol. The molecule has 2 spiro atoms. The minimum Gasteiger partial charge on any atom is -0.368 e. The van der Waals surface area contributed by atoms with E-state index >= 15 is 0 Å². The fraction of sp³-hybridized carbons (Fsp3) is 0.522. The lowest BCUT2D eigenvalue weighted by Crippen LogP contribution is -2.49. The summed E-state index contributed by atoms with van der Waals surface area (Å²) in [6.07, 6.45) is 8.15. The third kappa shape index (κ3) is 2.52. The topological polar surface area (TPSA) is 55.3 Å². The van der Waals surface area contributed by atoms with Gasteiger partial charge in [-0.2, -0.15) is 0 Å². The van der Waals surface area contributed by atoms with Gasteiger partial charge in [0.1, 0.15) is 5.60 Å². The van der Waals surface area contributed by atoms with Crippen molar-refractivity contribution in [1.82, 2.24) is 14.9 Å². The number of hydrogen-bond donors (Lipinski definition) is 0. The van der Waals surface area contributed by atoms with Crippen molar-refractivity contribution >= 4 is 5.91 Å². The molecule has 0 N–H and O–H groups in total. The summed E-state index contributed by atoms with van der Waals surface area (Å²) in [5.74, 6) is 1.46. The van der Waals surface area contributed by atoms with Gasteiger partial charge in [-0.1, -0.05) is 30.3 Å². The number of aromatic nitrogens is 2. The first-order valence-electron chi connectivity index (χ1n) is 10.5. The number of carbonyl (C=O) groups is 1. The van der Waals surface area contributed by atoms with E-state index in [-0.39, 0.29) is 5.60 Å². The van der Waals surface area contributed by atoms with Crippen LogP contribution in [0.25, 0.3) is 11.4 Å². The Hall–Kier alpha value is -2.27. The standard InChI is InChI=1S/C23H25N3O2/c27-21(18-14-22(18)7-8-22)26-11-9-23(10-12-26)19-17(6-13-28-23)15-24-20(25-19)16-4-2-1-3-5-16/h1-5,15,18H,6-14H2. The fourth-order valence-electron chi connectivity index (χ4n) is 5.24. The molecule has 1 atom stereocenters. The minimum absolute atomic E-state index is 0.313. The summed E-state index contributed by atoms with van der Waals surface area (Å²) >= 11 is 0. The van der Waals surface area contributed by atoms with Gasteiger partial charge in [0.15, 0.2) is 5.82 Å². The Morgan fingerprint density at radius 2 is 1.89 bits per heavy atom. The Bertz CT molecular complexity index is 930. The molecule has 0 radical (unpaired) electrons. The van der Waals surface area contributed by atoms with Gasteiger partial charge in [-0.25, -0.2) is 9.97 Å². The smallest absolute Gasteiger partial charge is 0.226 e. The zero-order valence-corrected chi connectivity index (χ0v) is 16.1. The molecule has 0 bridgehead atoms. The van der Waals surface area contributed by atoms with E-state index in [2.05, 4.69) is 9.88 Å². The normalized spacial score (nSPS) is 26.1. The largest absolute Gasteiger partial charge is 0.368 e. The second kappa shape index (κ2) is 5.86. The molecule has 5 heteroatoms. The molecule has 2 saturated carbocycles. The quantitative estimate of drug-likeness (QED) is 0.808. The molecular formula is C23H25N3O2. The van der Waals surface area contributed by atoms with Crippen LogP contribution in [0.1, 0.15) is 43.4 Å². The maximum Gasteiger partial charge on any atom is 0.226 e. The highest BCUT2D eigenvalue weighted by Crippen LogP contribution is 2.71. The number of hydrogen-bond acceptors (Lipinski definition) is 4. The molecule has 5 nitrogen and oxygen atoms in total. The van der Waals surface area contributed by atoms with Gasteiger partial charge in [0.2, 0.25) is 5.91 Å². The average Bonchev–Trinajstić information content (AvgIpc) is 3.68. The maximum absolute atomic E-state index is 12.8. The number of amides is 1. The summed E-state index contributed by atoms with van der Waals surface area (Å²) in [7, 11) is 0. The lowest BCUT2D eigenvalue weighted by molar-refractivity contribution is -0.142. The van der Waals surface area contributed by atoms with Gasteiger partial charge in [0.05, 0.1) is 12.3 Å². The highest BCUT2D eigenvalue weighted by atomic mass is 16.5. The summed E-state index contributed by atoms with van der Waals surface area (Å²) in [6.45, 7) is 2.26. The van der Waals surface area contributed by atoms with Crippen LogP contribution in [0.2, 0.25) is 0 Å². The van der Waals surface area contributed by atoms with E-state index in [0.717, 1.165) is 55.9 Å². The molecule has 3 fully saturated rings. The molecule has 3 heterocycles. The predicted octanol–water partition coefficient (Wildman–Crippen LogP) is 3.33. The number of likely N-dealkylation sites (tertiary alicyclic amines) is 1. The van der Waals surface area contributed by atoms with Gasteiger partial charge in [-0.05, 0) is 49.5 Å². The van der Waals surface area contributed by atoms with Crippen molar-refractivity contribution in [2.24, 2.45) is 11.3 Å². The predicted molar refractivity (Wildman–Crippen MR) is 104 cm³/mol. The number of fused-ring (bicyclic) bond motifs is 2. The van der Waals surface area contributed by atoms with Crippen molar-refractivity contribution in [3.8, 4) is 11.4 Å². The zero-order valence-electron chi connectivity index (χ0n) is 16.1. The molecule has 2 aliphatic carbocycles. The van der Waals surface area contributed by atoms with Gasteiger partial charge >= 0.3 is 0 Å². The van der Waals surface area contributed by atoms with Crippen LogP contribution in [0.3, 0.4) is 0 Å². The summed E-state index contributed by atoms with van der Waals surface area (Å²) in [5, 5.41) is 0. The molecule has 144 valence electrons. The van der Waals surface area contributed by atoms with Crippen LogP contribution in [-0.2, 0) is 21.6 Å². The lowest BCUT2D eigenvalue weighted by atomic mass is 9.83. The molecule has 1 unspecified atom stereocenters. The van der Waals surface area contributed by atoms with Crippen molar-refractivity contribution in [3.05, 3.63) is 47.8 Å². The third-order valence-corrected chi connectivity index (χ3v) is 7.34. The van der Waals surface area contributed by atoms with E-state index in [4.69, 9.17) is 9.72 Å². The van der Waals surface area contributed by atoms with Crippen LogP contribution in [0.4, 0.5) is 0 Å². The summed E-state index contributed by atoms with van der Waals surface area (Å²) in [6, 6.07) is 10.1. The molecular weight excluding hydrogens is 350 g/mol. The number of rotatable bonds is 2. The number of piperidine rings is 1. The summed E-state index contributed by atoms with van der Waals surface area (Å²) in [5.41, 5.74) is 3.34. The molecule has 1 amide bonds. The van der Waals surface area contributed by atoms with Gasteiger partial charge in [-0.15, -0.1) is 0 Å². The van der Waals surface area contributed by atoms with Gasteiger partial charge in [-0.3, -0.25) is 4.79 Å². The Morgan fingerprint density at radius 1 is 1.11 bits per heavy atom. The van der Waals surface area contributed by atoms with Crippen LogP contribution in [-0.4, -0.2) is 40.5 Å². The van der Waals surface area contributed by atoms with E-state index in [1.807, 2.05) is 36.5 Å². The first-order valence-corrected chi connectivity index (χ1v) is 10.5. The number of benzene rings is 1. The van der Waals surface area contributed by atoms with Crippen LogP contribution >= 0.6 is 0 Å². The summed E-state index contributed by atoms with van der Waals surface area (Å²) in [4.78, 5) is 24.5. The first-order chi connectivity index (χ1) is 13.7. The van der Waals surface area contributed by atoms with Crippen molar-refractivity contribution in [3.63, 3.8) is 0 Å². The van der Waals surface area contributed by atoms with E-state index in [1.54, 1.807) is 0 Å². The zero-order chi connectivity index (χ0) is 18.8. The molecule has 6 rings (SSSR count). The van der Waals surface area contributed by atoms with Gasteiger partial charge < -0.3 is 9.64 Å². The molecule has 1 aromatic carbocycles. The lowest BCUT2D eigenvalue weighted by Gasteiger charge is -2.44. The van der Waals surface area contributed by atoms with Crippen LogP contribution in [0.15, 0.2) is 36.5 Å². The Labute approximate surface area is 165 Å². The number of ether oxygens (including phenoxy) is 1. The molecule has 1 aromatic heterocycles. The Morgan fingerprint density at radius 3 is 2.61 bits per heavy atom. The van der Waals surface area contributed by atoms with Crippen LogP contribution in [0, 0.1) is 11.3 Å². The molecule has 2 aromatic rings. The molecule has 28 heavy (non-hydrogen) atoms. The number of carbonyl (C=O) groups excluding carboxylic acids is 1. The van der Waals surface area contributed by atoms with Gasteiger partial charge in [0.25, 0.3) is 0 Å². The highest BCUT2D eigenvalue weighted by molar-refractivity contribution is 5.83. The van der Waals surface area contributed by atoms with Gasteiger partial charge in [0, 0.05) is 30.8 Å². The van der Waals surface area contributed by atoms with Crippen molar-refractivity contribution in [1.29, 1.82) is 0 Å². The fourth-order valence-corrected chi connectivity index (χ4v) is 5.24. The van der Waals surface area contributed by atoms with Crippen LogP contribution in [0.5, 0.6) is 0 Å². The molecule has 2 aliphatic heterocycles. The second-order valence-electron chi connectivity index (χ2n) is 8.97. The average molecular weight is 375 g/mol. The van der Waals surface area contributed by atoms with Crippen LogP contribution < -0.4 is 0 Å². The second-order valence-corrected chi connectivity index (χ2v) is 8.97. The SMILES string of the molecule is O=C(C1CC12CC2)N1CCC2(CC1)OCCc1cnc(-c3ccccc3)nc12. The van der Waals surface area contributed by atoms with E-state index < -0.39 is 0 Å². The highest BCUT2D eigenvalue weighted by Gasteiger charge is 2.66. The van der Waals surface area contributed by atoms with Crippen molar-refractivity contribution in [2.75, 3.05) is 19.7 Å². The first kappa shape index (κ1) is 16.7. The van der Waals surface area contributed by atoms with E-state index in [0.29, 0.717) is 23.8 Å². The number of nitrogens with zero attached hydrogens (tertiary/aromatic N) is 3. The van der Waals surface area contributed by atoms with Crippen molar-refractivity contribution in [2.45, 2.75) is 44.1 Å². The summed E-state index contributed by atoms with van der Waals surface area (Å²) < 4.78 is 6.35. The van der Waals surface area contributed by atoms with E-state index in [9.17, 15) is 4.79 Å². The molecule has 1 saturated heterocycles. The minimum atomic E-state index is -0.363. The maximum atomic E-state index is 12.8. The Balaban J connectivity index is 1.26. The third-order valence-electron chi connectivity index (χ3n) is 7.34. The Kier molecular flexibility index (Phi) is 3.49. The van der Waals surface area contributed by atoms with Crippen molar-refractivity contribution < 1.29 is 9.53 Å². The molecule has 4 aliphatic rings.